The number of anilines is 1. The first-order valence-electron chi connectivity index (χ1n) is 9.28. The average molecular weight is 398 g/mol. The molecule has 0 saturated heterocycles. The number of para-hydroxylation sites is 1. The van der Waals surface area contributed by atoms with E-state index in [1.54, 1.807) is 6.92 Å². The second kappa shape index (κ2) is 7.63. The summed E-state index contributed by atoms with van der Waals surface area (Å²) in [5.41, 5.74) is 3.12. The number of carbonyl (C=O) groups is 2. The van der Waals surface area contributed by atoms with Crippen molar-refractivity contribution in [3.05, 3.63) is 46.6 Å². The van der Waals surface area contributed by atoms with E-state index < -0.39 is 6.09 Å². The van der Waals surface area contributed by atoms with Crippen LogP contribution in [0.25, 0.3) is 10.9 Å². The molecule has 0 atom stereocenters. The molecule has 3 aromatic rings. The Hall–Kier alpha value is -2.87. The normalized spacial score (nSPS) is 13.4. The summed E-state index contributed by atoms with van der Waals surface area (Å²) in [6, 6.07) is 8.12. The fraction of sp³-hybridized carbons (Fsp3) is 0.350. The third kappa shape index (κ3) is 3.60. The number of benzene rings is 1. The van der Waals surface area contributed by atoms with E-state index in [4.69, 9.17) is 4.74 Å². The van der Waals surface area contributed by atoms with Gasteiger partial charge in [-0.05, 0) is 18.6 Å². The number of ether oxygens (including phenoxy) is 1. The van der Waals surface area contributed by atoms with E-state index >= 15 is 0 Å². The Labute approximate surface area is 166 Å². The first kappa shape index (κ1) is 18.5. The molecule has 1 N–H and O–H groups in total. The number of nitrogens with one attached hydrogen (secondary N) is 1. The second-order valence-corrected chi connectivity index (χ2v) is 7.84. The molecule has 1 aliphatic rings. The predicted molar refractivity (Wildman–Crippen MR) is 109 cm³/mol. The van der Waals surface area contributed by atoms with Crippen molar-refractivity contribution in [2.24, 2.45) is 7.05 Å². The number of rotatable bonds is 4. The third-order valence-corrected chi connectivity index (χ3v) is 5.89. The lowest BCUT2D eigenvalue weighted by atomic mass is 10.1. The predicted octanol–water partition coefficient (Wildman–Crippen LogP) is 3.33. The van der Waals surface area contributed by atoms with Crippen molar-refractivity contribution in [1.82, 2.24) is 14.5 Å². The molecule has 3 heterocycles. The molecular weight excluding hydrogens is 376 g/mol. The van der Waals surface area contributed by atoms with Gasteiger partial charge in [-0.15, -0.1) is 0 Å². The van der Waals surface area contributed by atoms with Crippen LogP contribution in [-0.4, -0.2) is 39.6 Å². The lowest BCUT2D eigenvalue weighted by molar-refractivity contribution is -0.131. The number of aryl methyl sites for hydroxylation is 1. The van der Waals surface area contributed by atoms with Gasteiger partial charge in [-0.3, -0.25) is 10.1 Å². The van der Waals surface area contributed by atoms with Gasteiger partial charge in [0.2, 0.25) is 5.91 Å². The van der Waals surface area contributed by atoms with Crippen LogP contribution in [0.1, 0.15) is 23.1 Å². The zero-order valence-electron chi connectivity index (χ0n) is 15.9. The summed E-state index contributed by atoms with van der Waals surface area (Å²) in [4.78, 5) is 31.8. The molecule has 28 heavy (non-hydrogen) atoms. The molecule has 0 bridgehead atoms. The fourth-order valence-corrected chi connectivity index (χ4v) is 4.57. The van der Waals surface area contributed by atoms with Crippen LogP contribution in [0.2, 0.25) is 0 Å². The van der Waals surface area contributed by atoms with Gasteiger partial charge in [0.15, 0.2) is 5.13 Å². The molecule has 0 unspecified atom stereocenters. The molecule has 146 valence electrons. The summed E-state index contributed by atoms with van der Waals surface area (Å²) in [5, 5.41) is 4.29. The van der Waals surface area contributed by atoms with Gasteiger partial charge in [0, 0.05) is 42.0 Å². The van der Waals surface area contributed by atoms with Crippen molar-refractivity contribution in [1.29, 1.82) is 0 Å². The second-order valence-electron chi connectivity index (χ2n) is 6.76. The van der Waals surface area contributed by atoms with Gasteiger partial charge in [0.1, 0.15) is 0 Å². The van der Waals surface area contributed by atoms with Crippen molar-refractivity contribution in [2.75, 3.05) is 18.5 Å². The van der Waals surface area contributed by atoms with Gasteiger partial charge in [-0.25, -0.2) is 9.78 Å². The maximum Gasteiger partial charge on any atom is 0.413 e. The van der Waals surface area contributed by atoms with Crippen LogP contribution in [0.15, 0.2) is 30.5 Å². The minimum absolute atomic E-state index is 0.107. The number of amides is 2. The van der Waals surface area contributed by atoms with Crippen LogP contribution >= 0.6 is 11.3 Å². The van der Waals surface area contributed by atoms with E-state index in [9.17, 15) is 9.59 Å². The van der Waals surface area contributed by atoms with E-state index in [1.165, 1.54) is 11.3 Å². The molecule has 7 nitrogen and oxygen atoms in total. The number of fused-ring (bicyclic) bond motifs is 2. The highest BCUT2D eigenvalue weighted by molar-refractivity contribution is 7.15. The topological polar surface area (TPSA) is 76.5 Å². The lowest BCUT2D eigenvalue weighted by Gasteiger charge is -2.26. The fourth-order valence-electron chi connectivity index (χ4n) is 3.56. The Morgan fingerprint density at radius 3 is 2.96 bits per heavy atom. The number of hydrogen-bond donors (Lipinski definition) is 1. The minimum Gasteiger partial charge on any atom is -0.450 e. The molecule has 0 aliphatic carbocycles. The van der Waals surface area contributed by atoms with Crippen molar-refractivity contribution in [3.8, 4) is 0 Å². The molecule has 0 saturated carbocycles. The smallest absolute Gasteiger partial charge is 0.413 e. The minimum atomic E-state index is -0.502. The molecular formula is C20H22N4O3S. The summed E-state index contributed by atoms with van der Waals surface area (Å²) in [6.07, 6.45) is 2.60. The summed E-state index contributed by atoms with van der Waals surface area (Å²) in [7, 11) is 2.00. The highest BCUT2D eigenvalue weighted by Crippen LogP contribution is 2.29. The van der Waals surface area contributed by atoms with E-state index in [-0.39, 0.29) is 5.91 Å². The van der Waals surface area contributed by atoms with Crippen molar-refractivity contribution in [2.45, 2.75) is 26.3 Å². The van der Waals surface area contributed by atoms with Crippen molar-refractivity contribution >= 4 is 39.4 Å². The SMILES string of the molecule is CCOC(=O)Nc1nc2c(s1)CN(C(=O)Cc1cn(C)c3ccccc13)CC2. The van der Waals surface area contributed by atoms with Crippen LogP contribution in [0.3, 0.4) is 0 Å². The number of hydrogen-bond acceptors (Lipinski definition) is 5. The van der Waals surface area contributed by atoms with E-state index in [2.05, 4.69) is 27.0 Å². The first-order chi connectivity index (χ1) is 13.5. The highest BCUT2D eigenvalue weighted by Gasteiger charge is 2.25. The molecule has 0 spiro atoms. The van der Waals surface area contributed by atoms with Gasteiger partial charge >= 0.3 is 6.09 Å². The zero-order chi connectivity index (χ0) is 19.7. The van der Waals surface area contributed by atoms with Crippen molar-refractivity contribution in [3.63, 3.8) is 0 Å². The van der Waals surface area contributed by atoms with Crippen LogP contribution in [0.5, 0.6) is 0 Å². The van der Waals surface area contributed by atoms with Gasteiger partial charge in [-0.1, -0.05) is 29.5 Å². The van der Waals surface area contributed by atoms with Gasteiger partial charge < -0.3 is 14.2 Å². The Kier molecular flexibility index (Phi) is 5.04. The van der Waals surface area contributed by atoms with Crippen LogP contribution in [0, 0.1) is 0 Å². The van der Waals surface area contributed by atoms with E-state index in [0.717, 1.165) is 27.0 Å². The molecule has 2 amide bonds. The molecule has 2 aromatic heterocycles. The summed E-state index contributed by atoms with van der Waals surface area (Å²) in [5.74, 6) is 0.107. The lowest BCUT2D eigenvalue weighted by Crippen LogP contribution is -2.36. The summed E-state index contributed by atoms with van der Waals surface area (Å²) >= 11 is 1.40. The van der Waals surface area contributed by atoms with Gasteiger partial charge in [-0.2, -0.15) is 0 Å². The van der Waals surface area contributed by atoms with E-state index in [0.29, 0.717) is 37.7 Å². The summed E-state index contributed by atoms with van der Waals surface area (Å²) < 4.78 is 6.95. The summed E-state index contributed by atoms with van der Waals surface area (Å²) in [6.45, 7) is 3.24. The molecule has 1 aliphatic heterocycles. The van der Waals surface area contributed by atoms with Crippen LogP contribution in [0.4, 0.5) is 9.93 Å². The molecule has 4 rings (SSSR count). The Morgan fingerprint density at radius 1 is 1.32 bits per heavy atom. The van der Waals surface area contributed by atoms with E-state index in [1.807, 2.05) is 30.3 Å². The highest BCUT2D eigenvalue weighted by atomic mass is 32.1. The quantitative estimate of drug-likeness (QED) is 0.731. The Morgan fingerprint density at radius 2 is 2.14 bits per heavy atom. The standard InChI is InChI=1S/C20H22N4O3S/c1-3-27-20(26)22-19-21-15-8-9-24(12-17(15)28-19)18(25)10-13-11-23(2)16-7-5-4-6-14(13)16/h4-7,11H,3,8-10,12H2,1-2H3,(H,21,22,26). The molecule has 0 radical (unpaired) electrons. The zero-order valence-corrected chi connectivity index (χ0v) is 16.7. The number of aromatic nitrogens is 2. The monoisotopic (exact) mass is 398 g/mol. The van der Waals surface area contributed by atoms with Crippen molar-refractivity contribution < 1.29 is 14.3 Å². The van der Waals surface area contributed by atoms with Crippen LogP contribution in [-0.2, 0) is 36.0 Å². The Bertz CT molecular complexity index is 1040. The number of thiazole rings is 1. The molecule has 1 aromatic carbocycles. The van der Waals surface area contributed by atoms with Crippen LogP contribution < -0.4 is 5.32 Å². The molecule has 8 heteroatoms. The van der Waals surface area contributed by atoms with Gasteiger partial charge in [0.25, 0.3) is 0 Å². The third-order valence-electron chi connectivity index (χ3n) is 4.89. The Balaban J connectivity index is 1.46. The van der Waals surface area contributed by atoms with Gasteiger partial charge in [0.05, 0.1) is 25.3 Å². The average Bonchev–Trinajstić information content (AvgIpc) is 3.22. The number of nitrogens with zero attached hydrogens (tertiary/aromatic N) is 3. The first-order valence-corrected chi connectivity index (χ1v) is 10.1. The largest absolute Gasteiger partial charge is 0.450 e. The molecule has 0 fully saturated rings. The number of carbonyl (C=O) groups excluding carboxylic acids is 2. The maximum atomic E-state index is 12.9. The maximum absolute atomic E-state index is 12.9.